The molecule has 32 heavy (non-hydrogen) atoms. The summed E-state index contributed by atoms with van der Waals surface area (Å²) in [4.78, 5) is 6.81. The Morgan fingerprint density at radius 2 is 1.97 bits per heavy atom. The Bertz CT molecular complexity index is 1100. The number of rotatable bonds is 7. The molecule has 1 unspecified atom stereocenters. The number of hydrogen-bond acceptors (Lipinski definition) is 6. The Morgan fingerprint density at radius 1 is 1.19 bits per heavy atom. The Balaban J connectivity index is 1.12. The van der Waals surface area contributed by atoms with Gasteiger partial charge >= 0.3 is 0 Å². The molecule has 1 saturated carbocycles. The largest absolute Gasteiger partial charge is 0.440 e. The zero-order chi connectivity index (χ0) is 22.5. The van der Waals surface area contributed by atoms with E-state index in [-0.39, 0.29) is 5.41 Å². The number of piperidine rings is 1. The van der Waals surface area contributed by atoms with Gasteiger partial charge in [0.15, 0.2) is 17.3 Å². The van der Waals surface area contributed by atoms with Gasteiger partial charge in [-0.3, -0.25) is 0 Å². The van der Waals surface area contributed by atoms with Gasteiger partial charge < -0.3 is 13.9 Å². The van der Waals surface area contributed by atoms with Gasteiger partial charge in [0, 0.05) is 31.3 Å². The molecule has 2 aliphatic rings. The second-order valence-corrected chi connectivity index (χ2v) is 11.5. The van der Waals surface area contributed by atoms with Crippen LogP contribution in [0.3, 0.4) is 0 Å². The summed E-state index contributed by atoms with van der Waals surface area (Å²) < 4.78 is 7.47. The molecule has 170 valence electrons. The first-order valence-corrected chi connectivity index (χ1v) is 12.5. The summed E-state index contributed by atoms with van der Waals surface area (Å²) in [6.45, 7) is 12.4. The lowest BCUT2D eigenvalue weighted by Crippen LogP contribution is -2.28. The van der Waals surface area contributed by atoms with Crippen molar-refractivity contribution in [3.8, 4) is 11.6 Å². The molecule has 7 heteroatoms. The summed E-state index contributed by atoms with van der Waals surface area (Å²) in [6, 6.07) is 9.46. The first kappa shape index (κ1) is 21.7. The lowest BCUT2D eigenvalue weighted by Gasteiger charge is -2.23. The molecule has 1 aromatic carbocycles. The maximum absolute atomic E-state index is 5.47. The maximum atomic E-state index is 5.47. The minimum absolute atomic E-state index is 0.218. The average Bonchev–Trinajstić information content (AvgIpc) is 3.05. The van der Waals surface area contributed by atoms with Crippen molar-refractivity contribution < 1.29 is 4.42 Å². The van der Waals surface area contributed by atoms with Crippen molar-refractivity contribution in [2.24, 2.45) is 13.0 Å². The Morgan fingerprint density at radius 3 is 2.66 bits per heavy atom. The van der Waals surface area contributed by atoms with Crippen molar-refractivity contribution in [1.29, 1.82) is 0 Å². The molecule has 6 nitrogen and oxygen atoms in total. The molecule has 3 heterocycles. The van der Waals surface area contributed by atoms with Crippen LogP contribution in [-0.2, 0) is 17.9 Å². The van der Waals surface area contributed by atoms with Crippen molar-refractivity contribution in [1.82, 2.24) is 24.6 Å². The van der Waals surface area contributed by atoms with E-state index in [1.807, 2.05) is 18.5 Å². The lowest BCUT2D eigenvalue weighted by molar-refractivity contribution is 0.299. The minimum atomic E-state index is 0.218. The third-order valence-corrected chi connectivity index (χ3v) is 8.28. The van der Waals surface area contributed by atoms with E-state index in [2.05, 4.69) is 65.1 Å². The van der Waals surface area contributed by atoms with Crippen molar-refractivity contribution in [3.63, 3.8) is 0 Å². The summed E-state index contributed by atoms with van der Waals surface area (Å²) in [5.74, 6) is 3.31. The topological polar surface area (TPSA) is 60.0 Å². The molecule has 0 amide bonds. The van der Waals surface area contributed by atoms with Crippen LogP contribution in [0.15, 0.2) is 40.2 Å². The SMILES string of the molecule is Cc1ncoc1-c1nnc(SCCCN2C[C@H]3CC3(c3ccc(C(C)(C)C)cc3)C2)n1C. The van der Waals surface area contributed by atoms with E-state index in [1.54, 1.807) is 17.3 Å². The fourth-order valence-electron chi connectivity index (χ4n) is 5.11. The standard InChI is InChI=1S/C25H33N5OS/c1-17-21(31-16-26-17)22-27-28-23(29(22)5)32-12-6-11-30-14-20-13-25(20,15-30)19-9-7-18(8-10-19)24(2,3)4/h7-10,16,20H,6,11-15H2,1-5H3/t20-,25?/m1/s1. The molecule has 0 N–H and O–H groups in total. The van der Waals surface area contributed by atoms with Gasteiger partial charge in [-0.1, -0.05) is 56.8 Å². The number of benzene rings is 1. The molecule has 1 saturated heterocycles. The Hall–Kier alpha value is -2.12. The second kappa shape index (κ2) is 8.03. The first-order valence-electron chi connectivity index (χ1n) is 11.5. The molecule has 2 aromatic heterocycles. The van der Waals surface area contributed by atoms with Gasteiger partial charge in [0.1, 0.15) is 0 Å². The summed E-state index contributed by atoms with van der Waals surface area (Å²) in [6.07, 6.45) is 3.97. The van der Waals surface area contributed by atoms with E-state index in [4.69, 9.17) is 4.42 Å². The van der Waals surface area contributed by atoms with Crippen molar-refractivity contribution in [2.75, 3.05) is 25.4 Å². The van der Waals surface area contributed by atoms with Crippen molar-refractivity contribution in [3.05, 3.63) is 47.5 Å². The Kier molecular flexibility index (Phi) is 5.45. The number of hydrogen-bond donors (Lipinski definition) is 0. The fraction of sp³-hybridized carbons (Fsp3) is 0.560. The molecule has 2 fully saturated rings. The second-order valence-electron chi connectivity index (χ2n) is 10.5. The molecular formula is C25H33N5OS. The molecule has 3 aromatic rings. The number of thioether (sulfide) groups is 1. The number of oxazole rings is 1. The quantitative estimate of drug-likeness (QED) is 0.379. The zero-order valence-electron chi connectivity index (χ0n) is 19.8. The first-order chi connectivity index (χ1) is 15.3. The van der Waals surface area contributed by atoms with Crippen LogP contribution in [0.2, 0.25) is 0 Å². The van der Waals surface area contributed by atoms with E-state index >= 15 is 0 Å². The minimum Gasteiger partial charge on any atom is -0.440 e. The summed E-state index contributed by atoms with van der Waals surface area (Å²) >= 11 is 1.77. The number of nitrogens with zero attached hydrogens (tertiary/aromatic N) is 5. The van der Waals surface area contributed by atoms with Crippen molar-refractivity contribution in [2.45, 2.75) is 56.5 Å². The van der Waals surface area contributed by atoms with Gasteiger partial charge in [0.05, 0.1) is 5.69 Å². The molecular weight excluding hydrogens is 418 g/mol. The van der Waals surface area contributed by atoms with E-state index in [9.17, 15) is 0 Å². The van der Waals surface area contributed by atoms with Crippen molar-refractivity contribution >= 4 is 11.8 Å². The van der Waals surface area contributed by atoms with Gasteiger partial charge in [0.25, 0.3) is 0 Å². The smallest absolute Gasteiger partial charge is 0.202 e. The third-order valence-electron chi connectivity index (χ3n) is 7.18. The highest BCUT2D eigenvalue weighted by molar-refractivity contribution is 7.99. The number of aryl methyl sites for hydroxylation is 1. The van der Waals surface area contributed by atoms with Crippen LogP contribution in [0.5, 0.6) is 0 Å². The predicted molar refractivity (Wildman–Crippen MR) is 128 cm³/mol. The van der Waals surface area contributed by atoms with Crippen LogP contribution in [0.4, 0.5) is 0 Å². The highest BCUT2D eigenvalue weighted by atomic mass is 32.2. The highest BCUT2D eigenvalue weighted by Gasteiger charge is 2.60. The number of aromatic nitrogens is 4. The van der Waals surface area contributed by atoms with Crippen LogP contribution in [0, 0.1) is 12.8 Å². The van der Waals surface area contributed by atoms with Gasteiger partial charge in [-0.05, 0) is 48.8 Å². The van der Waals surface area contributed by atoms with Gasteiger partial charge in [-0.2, -0.15) is 0 Å². The normalized spacial score (nSPS) is 23.0. The molecule has 0 spiro atoms. The van der Waals surface area contributed by atoms with E-state index in [0.717, 1.165) is 41.3 Å². The average molecular weight is 452 g/mol. The van der Waals surface area contributed by atoms with Gasteiger partial charge in [-0.25, -0.2) is 4.98 Å². The van der Waals surface area contributed by atoms with Crippen LogP contribution in [-0.4, -0.2) is 50.0 Å². The van der Waals surface area contributed by atoms with Gasteiger partial charge in [-0.15, -0.1) is 10.2 Å². The summed E-state index contributed by atoms with van der Waals surface area (Å²) in [7, 11) is 1.99. The monoisotopic (exact) mass is 451 g/mol. The molecule has 2 atom stereocenters. The third kappa shape index (κ3) is 3.90. The van der Waals surface area contributed by atoms with Gasteiger partial charge in [0.2, 0.25) is 5.82 Å². The van der Waals surface area contributed by atoms with E-state index < -0.39 is 0 Å². The molecule has 0 bridgehead atoms. The number of fused-ring (bicyclic) bond motifs is 1. The molecule has 1 aliphatic carbocycles. The summed E-state index contributed by atoms with van der Waals surface area (Å²) in [5.41, 5.74) is 4.44. The van der Waals surface area contributed by atoms with Crippen LogP contribution < -0.4 is 0 Å². The Labute approximate surface area is 194 Å². The maximum Gasteiger partial charge on any atom is 0.202 e. The fourth-order valence-corrected chi connectivity index (χ4v) is 5.95. The number of likely N-dealkylation sites (tertiary alicyclic amines) is 1. The van der Waals surface area contributed by atoms with E-state index in [1.165, 1.54) is 31.5 Å². The van der Waals surface area contributed by atoms with E-state index in [0.29, 0.717) is 11.2 Å². The summed E-state index contributed by atoms with van der Waals surface area (Å²) in [5, 5.41) is 9.58. The van der Waals surface area contributed by atoms with Crippen LogP contribution in [0.25, 0.3) is 11.6 Å². The molecule has 5 rings (SSSR count). The zero-order valence-corrected chi connectivity index (χ0v) is 20.6. The highest BCUT2D eigenvalue weighted by Crippen LogP contribution is 2.59. The predicted octanol–water partition coefficient (Wildman–Crippen LogP) is 4.83. The molecule has 1 aliphatic heterocycles. The molecule has 0 radical (unpaired) electrons. The lowest BCUT2D eigenvalue weighted by atomic mass is 9.85. The van der Waals surface area contributed by atoms with Crippen LogP contribution >= 0.6 is 11.8 Å². The van der Waals surface area contributed by atoms with Crippen LogP contribution in [0.1, 0.15) is 50.4 Å².